The van der Waals surface area contributed by atoms with E-state index in [4.69, 9.17) is 5.73 Å². The number of halogens is 2. The molecular formula is C15H14F2N2O3S. The van der Waals surface area contributed by atoms with Gasteiger partial charge in [0.25, 0.3) is 10.0 Å². The highest BCUT2D eigenvalue weighted by Crippen LogP contribution is 2.22. The Morgan fingerprint density at radius 3 is 2.30 bits per heavy atom. The first kappa shape index (κ1) is 16.9. The minimum atomic E-state index is -4.20. The van der Waals surface area contributed by atoms with Crippen molar-refractivity contribution >= 4 is 21.6 Å². The third kappa shape index (κ3) is 4.04. The number of amides is 1. The number of primary amides is 1. The molecule has 23 heavy (non-hydrogen) atoms. The highest BCUT2D eigenvalue weighted by Gasteiger charge is 2.21. The van der Waals surface area contributed by atoms with Crippen molar-refractivity contribution in [3.8, 4) is 0 Å². The van der Waals surface area contributed by atoms with Gasteiger partial charge in [-0.05, 0) is 36.2 Å². The summed E-state index contributed by atoms with van der Waals surface area (Å²) in [4.78, 5) is 10.2. The van der Waals surface area contributed by atoms with Gasteiger partial charge in [-0.2, -0.15) is 0 Å². The Hall–Kier alpha value is -2.48. The first-order valence-electron chi connectivity index (χ1n) is 6.55. The van der Waals surface area contributed by atoms with E-state index in [1.807, 2.05) is 0 Å². The number of rotatable bonds is 5. The molecule has 2 aromatic rings. The van der Waals surface area contributed by atoms with E-state index in [0.717, 1.165) is 6.07 Å². The third-order valence-electron chi connectivity index (χ3n) is 3.09. The lowest BCUT2D eigenvalue weighted by molar-refractivity contribution is -0.117. The Morgan fingerprint density at radius 2 is 1.74 bits per heavy atom. The summed E-state index contributed by atoms with van der Waals surface area (Å²) >= 11 is 0. The van der Waals surface area contributed by atoms with Crippen molar-refractivity contribution in [2.24, 2.45) is 5.73 Å². The molecule has 0 radical (unpaired) electrons. The van der Waals surface area contributed by atoms with Gasteiger partial charge in [-0.3, -0.25) is 9.52 Å². The van der Waals surface area contributed by atoms with Crippen LogP contribution in [0.25, 0.3) is 0 Å². The zero-order chi connectivity index (χ0) is 17.2. The van der Waals surface area contributed by atoms with Crippen molar-refractivity contribution in [3.05, 3.63) is 59.2 Å². The molecule has 0 atom stereocenters. The number of hydrogen-bond donors (Lipinski definition) is 2. The van der Waals surface area contributed by atoms with Gasteiger partial charge in [-0.25, -0.2) is 17.2 Å². The molecule has 0 aliphatic carbocycles. The van der Waals surface area contributed by atoms with Gasteiger partial charge in [0.2, 0.25) is 5.91 Å². The lowest BCUT2D eigenvalue weighted by Crippen LogP contribution is -2.16. The molecule has 0 bridgehead atoms. The average molecular weight is 340 g/mol. The van der Waals surface area contributed by atoms with Crippen LogP contribution in [0.1, 0.15) is 11.1 Å². The molecule has 0 aromatic heterocycles. The number of aryl methyl sites for hydroxylation is 1. The van der Waals surface area contributed by atoms with Crippen LogP contribution in [-0.4, -0.2) is 14.3 Å². The number of sulfonamides is 1. The second-order valence-corrected chi connectivity index (χ2v) is 6.63. The highest BCUT2D eigenvalue weighted by molar-refractivity contribution is 7.92. The molecule has 0 spiro atoms. The van der Waals surface area contributed by atoms with E-state index in [1.54, 1.807) is 0 Å². The molecule has 2 aromatic carbocycles. The van der Waals surface area contributed by atoms with Gasteiger partial charge < -0.3 is 5.73 Å². The van der Waals surface area contributed by atoms with E-state index >= 15 is 0 Å². The summed E-state index contributed by atoms with van der Waals surface area (Å²) in [7, 11) is -4.20. The topological polar surface area (TPSA) is 89.3 Å². The second kappa shape index (κ2) is 6.33. The fourth-order valence-corrected chi connectivity index (χ4v) is 3.14. The fourth-order valence-electron chi connectivity index (χ4n) is 1.94. The van der Waals surface area contributed by atoms with E-state index < -0.39 is 32.5 Å². The van der Waals surface area contributed by atoms with Crippen LogP contribution in [-0.2, 0) is 21.2 Å². The number of benzene rings is 2. The summed E-state index contributed by atoms with van der Waals surface area (Å²) < 4.78 is 53.6. The molecule has 3 N–H and O–H groups in total. The summed E-state index contributed by atoms with van der Waals surface area (Å²) in [6.45, 7) is 1.34. The van der Waals surface area contributed by atoms with Crippen LogP contribution in [0, 0.1) is 18.6 Å². The third-order valence-corrected chi connectivity index (χ3v) is 4.48. The van der Waals surface area contributed by atoms with Crippen molar-refractivity contribution in [1.29, 1.82) is 0 Å². The summed E-state index contributed by atoms with van der Waals surface area (Å²) in [6, 6.07) is 7.34. The van der Waals surface area contributed by atoms with E-state index in [1.165, 1.54) is 31.2 Å². The number of nitrogens with one attached hydrogen (secondary N) is 1. The molecule has 0 saturated carbocycles. The van der Waals surface area contributed by atoms with Gasteiger partial charge >= 0.3 is 0 Å². The van der Waals surface area contributed by atoms with E-state index in [2.05, 4.69) is 4.72 Å². The maximum Gasteiger partial charge on any atom is 0.264 e. The van der Waals surface area contributed by atoms with Gasteiger partial charge in [0.15, 0.2) is 0 Å². The standard InChI is InChI=1S/C15H14F2N2O3S/c1-9-6-14(13(17)8-12(9)16)23(21,22)19-11-4-2-10(3-5-11)7-15(18)20/h2-6,8,19H,7H2,1H3,(H2,18,20). The minimum Gasteiger partial charge on any atom is -0.369 e. The lowest BCUT2D eigenvalue weighted by Gasteiger charge is -2.10. The van der Waals surface area contributed by atoms with E-state index in [0.29, 0.717) is 11.6 Å². The van der Waals surface area contributed by atoms with Gasteiger partial charge in [-0.15, -0.1) is 0 Å². The zero-order valence-electron chi connectivity index (χ0n) is 12.1. The Labute approximate surface area is 132 Å². The fraction of sp³-hybridized carbons (Fsp3) is 0.133. The Bertz CT molecular complexity index is 850. The largest absolute Gasteiger partial charge is 0.369 e. The maximum atomic E-state index is 13.7. The number of hydrogen-bond acceptors (Lipinski definition) is 3. The molecule has 0 heterocycles. The summed E-state index contributed by atoms with van der Waals surface area (Å²) in [5.74, 6) is -2.51. The smallest absolute Gasteiger partial charge is 0.264 e. The van der Waals surface area contributed by atoms with Crippen LogP contribution in [0.4, 0.5) is 14.5 Å². The average Bonchev–Trinajstić information content (AvgIpc) is 2.44. The van der Waals surface area contributed by atoms with Crippen LogP contribution >= 0.6 is 0 Å². The molecule has 0 unspecified atom stereocenters. The van der Waals surface area contributed by atoms with Gasteiger partial charge in [0, 0.05) is 11.8 Å². The van der Waals surface area contributed by atoms with Crippen molar-refractivity contribution in [2.45, 2.75) is 18.2 Å². The van der Waals surface area contributed by atoms with Crippen LogP contribution in [0.15, 0.2) is 41.3 Å². The molecular weight excluding hydrogens is 326 g/mol. The Kier molecular flexibility index (Phi) is 4.65. The monoisotopic (exact) mass is 340 g/mol. The molecule has 5 nitrogen and oxygen atoms in total. The van der Waals surface area contributed by atoms with Crippen molar-refractivity contribution in [2.75, 3.05) is 4.72 Å². The predicted octanol–water partition coefficient (Wildman–Crippen LogP) is 2.10. The van der Waals surface area contributed by atoms with Gasteiger partial charge in [0.05, 0.1) is 6.42 Å². The summed E-state index contributed by atoms with van der Waals surface area (Å²) in [5, 5.41) is 0. The first-order valence-corrected chi connectivity index (χ1v) is 8.03. The first-order chi connectivity index (χ1) is 10.7. The molecule has 0 aliphatic rings. The Morgan fingerprint density at radius 1 is 1.13 bits per heavy atom. The maximum absolute atomic E-state index is 13.7. The molecule has 0 aliphatic heterocycles. The van der Waals surface area contributed by atoms with Crippen LogP contribution in [0.5, 0.6) is 0 Å². The predicted molar refractivity (Wildman–Crippen MR) is 81.2 cm³/mol. The highest BCUT2D eigenvalue weighted by atomic mass is 32.2. The molecule has 0 saturated heterocycles. The summed E-state index contributed by atoms with van der Waals surface area (Å²) in [5.41, 5.74) is 5.87. The molecule has 122 valence electrons. The molecule has 1 amide bonds. The minimum absolute atomic E-state index is 0.0172. The van der Waals surface area contributed by atoms with E-state index in [-0.39, 0.29) is 17.7 Å². The number of nitrogens with two attached hydrogens (primary N) is 1. The SMILES string of the molecule is Cc1cc(S(=O)(=O)Nc2ccc(CC(N)=O)cc2)c(F)cc1F. The lowest BCUT2D eigenvalue weighted by atomic mass is 10.1. The molecule has 2 rings (SSSR count). The summed E-state index contributed by atoms with van der Waals surface area (Å²) in [6.07, 6.45) is 0.0266. The van der Waals surface area contributed by atoms with Gasteiger partial charge in [0.1, 0.15) is 16.5 Å². The van der Waals surface area contributed by atoms with Crippen LogP contribution in [0.2, 0.25) is 0 Å². The van der Waals surface area contributed by atoms with Crippen molar-refractivity contribution < 1.29 is 22.0 Å². The number of carbonyl (C=O) groups is 1. The van der Waals surface area contributed by atoms with Crippen LogP contribution < -0.4 is 10.5 Å². The van der Waals surface area contributed by atoms with E-state index in [9.17, 15) is 22.0 Å². The van der Waals surface area contributed by atoms with Crippen molar-refractivity contribution in [3.63, 3.8) is 0 Å². The zero-order valence-corrected chi connectivity index (χ0v) is 13.0. The Balaban J connectivity index is 2.28. The number of carbonyl (C=O) groups excluding carboxylic acids is 1. The normalized spacial score (nSPS) is 11.3. The van der Waals surface area contributed by atoms with Gasteiger partial charge in [-0.1, -0.05) is 12.1 Å². The quantitative estimate of drug-likeness (QED) is 0.873. The molecule has 8 heteroatoms. The second-order valence-electron chi connectivity index (χ2n) is 4.98. The van der Waals surface area contributed by atoms with Crippen LogP contribution in [0.3, 0.4) is 0 Å². The number of anilines is 1. The van der Waals surface area contributed by atoms with Crippen molar-refractivity contribution in [1.82, 2.24) is 0 Å². The molecule has 0 fully saturated rings.